The molecular weight excluding hydrogens is 204 g/mol. The van der Waals surface area contributed by atoms with E-state index >= 15 is 0 Å². The quantitative estimate of drug-likeness (QED) is 0.717. The van der Waals surface area contributed by atoms with Gasteiger partial charge in [0.05, 0.1) is 12.2 Å². The first-order valence-corrected chi connectivity index (χ1v) is 3.89. The molecule has 1 amide bonds. The molecule has 2 rings (SSSR count). The van der Waals surface area contributed by atoms with Crippen LogP contribution in [0.25, 0.3) is 0 Å². The standard InChI is InChI=1S/C9H8N2O2.ClH/c12-9(13)11-5-7-3-1-2-4-8(7)10-6-11;/h1-4,6H,5H2,(H,12,13);1H. The molecule has 0 radical (unpaired) electrons. The summed E-state index contributed by atoms with van der Waals surface area (Å²) in [6, 6.07) is 7.50. The van der Waals surface area contributed by atoms with Gasteiger partial charge in [-0.2, -0.15) is 0 Å². The first-order valence-electron chi connectivity index (χ1n) is 3.89. The van der Waals surface area contributed by atoms with Gasteiger partial charge in [0.25, 0.3) is 0 Å². The molecule has 1 aromatic rings. The van der Waals surface area contributed by atoms with Crippen molar-refractivity contribution in [1.29, 1.82) is 0 Å². The number of aliphatic imine (C=N–C) groups is 1. The van der Waals surface area contributed by atoms with Crippen LogP contribution >= 0.6 is 12.4 Å². The molecule has 1 heterocycles. The van der Waals surface area contributed by atoms with Crippen LogP contribution in [-0.2, 0) is 6.54 Å². The molecule has 14 heavy (non-hydrogen) atoms. The number of halogens is 1. The van der Waals surface area contributed by atoms with Crippen molar-refractivity contribution in [3.8, 4) is 0 Å². The van der Waals surface area contributed by atoms with E-state index in [1.807, 2.05) is 24.3 Å². The molecule has 1 aliphatic rings. The van der Waals surface area contributed by atoms with Gasteiger partial charge >= 0.3 is 6.09 Å². The van der Waals surface area contributed by atoms with Crippen LogP contribution in [0.1, 0.15) is 5.56 Å². The molecule has 0 fully saturated rings. The van der Waals surface area contributed by atoms with Crippen molar-refractivity contribution in [3.05, 3.63) is 29.8 Å². The Kier molecular flexibility index (Phi) is 3.09. The molecule has 4 nitrogen and oxygen atoms in total. The second-order valence-electron chi connectivity index (χ2n) is 2.78. The monoisotopic (exact) mass is 212 g/mol. The highest BCUT2D eigenvalue weighted by Crippen LogP contribution is 2.22. The molecule has 5 heteroatoms. The highest BCUT2D eigenvalue weighted by molar-refractivity contribution is 5.85. The molecule has 0 aromatic heterocycles. The summed E-state index contributed by atoms with van der Waals surface area (Å²) >= 11 is 0. The SMILES string of the molecule is Cl.O=C(O)N1C=Nc2ccccc2C1. The topological polar surface area (TPSA) is 52.9 Å². The van der Waals surface area contributed by atoms with E-state index in [2.05, 4.69) is 4.99 Å². The van der Waals surface area contributed by atoms with Gasteiger partial charge in [-0.1, -0.05) is 18.2 Å². The van der Waals surface area contributed by atoms with Crippen LogP contribution in [0.3, 0.4) is 0 Å². The number of amides is 1. The molecule has 1 N–H and O–H groups in total. The van der Waals surface area contributed by atoms with Gasteiger partial charge in [0.2, 0.25) is 0 Å². The lowest BCUT2D eigenvalue weighted by Gasteiger charge is -2.18. The number of hydrogen-bond acceptors (Lipinski definition) is 2. The molecule has 74 valence electrons. The van der Waals surface area contributed by atoms with Gasteiger partial charge in [-0.3, -0.25) is 4.90 Å². The Labute approximate surface area is 87.3 Å². The number of rotatable bonds is 0. The zero-order valence-corrected chi connectivity index (χ0v) is 8.07. The van der Waals surface area contributed by atoms with Gasteiger partial charge in [-0.05, 0) is 11.6 Å². The zero-order valence-electron chi connectivity index (χ0n) is 7.25. The molecular formula is C9H9ClN2O2. The minimum atomic E-state index is -0.974. The number of benzene rings is 1. The maximum atomic E-state index is 10.6. The Morgan fingerprint density at radius 3 is 2.86 bits per heavy atom. The number of para-hydroxylation sites is 1. The van der Waals surface area contributed by atoms with E-state index in [-0.39, 0.29) is 12.4 Å². The van der Waals surface area contributed by atoms with Gasteiger partial charge < -0.3 is 5.11 Å². The van der Waals surface area contributed by atoms with Gasteiger partial charge in [0, 0.05) is 0 Å². The van der Waals surface area contributed by atoms with E-state index in [1.165, 1.54) is 6.34 Å². The van der Waals surface area contributed by atoms with E-state index < -0.39 is 6.09 Å². The summed E-state index contributed by atoms with van der Waals surface area (Å²) in [6.07, 6.45) is 0.364. The summed E-state index contributed by atoms with van der Waals surface area (Å²) in [5, 5.41) is 8.70. The van der Waals surface area contributed by atoms with Crippen molar-refractivity contribution in [2.75, 3.05) is 0 Å². The largest absolute Gasteiger partial charge is 0.465 e. The molecule has 0 spiro atoms. The molecule has 0 unspecified atom stereocenters. The highest BCUT2D eigenvalue weighted by atomic mass is 35.5. The fraction of sp³-hybridized carbons (Fsp3) is 0.111. The smallest absolute Gasteiger partial charge is 0.412 e. The van der Waals surface area contributed by atoms with E-state index in [0.717, 1.165) is 16.2 Å². The van der Waals surface area contributed by atoms with Crippen LogP contribution < -0.4 is 0 Å². The minimum Gasteiger partial charge on any atom is -0.465 e. The average Bonchev–Trinajstić information content (AvgIpc) is 2.17. The summed E-state index contributed by atoms with van der Waals surface area (Å²) in [5.74, 6) is 0. The van der Waals surface area contributed by atoms with Crippen molar-refractivity contribution in [2.45, 2.75) is 6.54 Å². The lowest BCUT2D eigenvalue weighted by molar-refractivity contribution is 0.168. The van der Waals surface area contributed by atoms with Crippen LogP contribution in [0.2, 0.25) is 0 Å². The summed E-state index contributed by atoms with van der Waals surface area (Å²) < 4.78 is 0. The van der Waals surface area contributed by atoms with Gasteiger partial charge in [-0.15, -0.1) is 12.4 Å². The Morgan fingerprint density at radius 2 is 2.14 bits per heavy atom. The molecule has 0 bridgehead atoms. The number of hydrogen-bond donors (Lipinski definition) is 1. The van der Waals surface area contributed by atoms with Crippen molar-refractivity contribution < 1.29 is 9.90 Å². The Hall–Kier alpha value is -1.55. The molecule has 0 atom stereocenters. The van der Waals surface area contributed by atoms with Crippen LogP contribution in [0.5, 0.6) is 0 Å². The number of nitrogens with zero attached hydrogens (tertiary/aromatic N) is 2. The van der Waals surface area contributed by atoms with E-state index in [0.29, 0.717) is 6.54 Å². The number of fused-ring (bicyclic) bond motifs is 1. The van der Waals surface area contributed by atoms with Crippen molar-refractivity contribution in [1.82, 2.24) is 4.90 Å². The average molecular weight is 213 g/mol. The summed E-state index contributed by atoms with van der Waals surface area (Å²) in [4.78, 5) is 15.8. The fourth-order valence-electron chi connectivity index (χ4n) is 1.24. The summed E-state index contributed by atoms with van der Waals surface area (Å²) in [5.41, 5.74) is 1.78. The normalized spacial score (nSPS) is 13.0. The van der Waals surface area contributed by atoms with Crippen molar-refractivity contribution in [3.63, 3.8) is 0 Å². The zero-order chi connectivity index (χ0) is 9.26. The number of carboxylic acid groups (broad SMARTS) is 1. The molecule has 0 saturated heterocycles. The Bertz CT molecular complexity index is 379. The van der Waals surface area contributed by atoms with Crippen LogP contribution in [-0.4, -0.2) is 22.4 Å². The maximum absolute atomic E-state index is 10.6. The Balaban J connectivity index is 0.000000980. The second-order valence-corrected chi connectivity index (χ2v) is 2.78. The first-order chi connectivity index (χ1) is 6.27. The van der Waals surface area contributed by atoms with E-state index in [9.17, 15) is 4.79 Å². The lowest BCUT2D eigenvalue weighted by atomic mass is 10.1. The van der Waals surface area contributed by atoms with Crippen LogP contribution in [0.15, 0.2) is 29.3 Å². The molecule has 1 aromatic carbocycles. The highest BCUT2D eigenvalue weighted by Gasteiger charge is 2.15. The lowest BCUT2D eigenvalue weighted by Crippen LogP contribution is -2.29. The van der Waals surface area contributed by atoms with E-state index in [1.54, 1.807) is 0 Å². The van der Waals surface area contributed by atoms with Gasteiger partial charge in [0.15, 0.2) is 0 Å². The third-order valence-corrected chi connectivity index (χ3v) is 1.91. The molecule has 0 saturated carbocycles. The Morgan fingerprint density at radius 1 is 1.43 bits per heavy atom. The fourth-order valence-corrected chi connectivity index (χ4v) is 1.24. The molecule has 1 aliphatic heterocycles. The van der Waals surface area contributed by atoms with Crippen molar-refractivity contribution >= 4 is 30.5 Å². The third kappa shape index (κ3) is 1.85. The predicted octanol–water partition coefficient (Wildman–Crippen LogP) is 2.26. The summed E-state index contributed by atoms with van der Waals surface area (Å²) in [7, 11) is 0. The van der Waals surface area contributed by atoms with Gasteiger partial charge in [0.1, 0.15) is 6.34 Å². The minimum absolute atomic E-state index is 0. The van der Waals surface area contributed by atoms with Crippen LogP contribution in [0.4, 0.5) is 10.5 Å². The number of carbonyl (C=O) groups is 1. The summed E-state index contributed by atoms with van der Waals surface area (Å²) in [6.45, 7) is 0.384. The first kappa shape index (κ1) is 10.5. The maximum Gasteiger partial charge on any atom is 0.412 e. The predicted molar refractivity (Wildman–Crippen MR) is 55.4 cm³/mol. The van der Waals surface area contributed by atoms with Gasteiger partial charge in [-0.25, -0.2) is 9.79 Å². The van der Waals surface area contributed by atoms with E-state index in [4.69, 9.17) is 5.11 Å². The molecule has 0 aliphatic carbocycles. The third-order valence-electron chi connectivity index (χ3n) is 1.91. The van der Waals surface area contributed by atoms with Crippen molar-refractivity contribution in [2.24, 2.45) is 4.99 Å². The second kappa shape index (κ2) is 4.11. The van der Waals surface area contributed by atoms with Crippen LogP contribution in [0, 0.1) is 0 Å².